The van der Waals surface area contributed by atoms with E-state index in [-0.39, 0.29) is 18.2 Å². The van der Waals surface area contributed by atoms with Crippen molar-refractivity contribution in [1.29, 1.82) is 0 Å². The molecule has 0 bridgehead atoms. The third kappa shape index (κ3) is 5.48. The SMILES string of the molecule is CC(C)(C)OC(=O)NC1CCN(C(CN)c2cccc(Br)c2)C1. The quantitative estimate of drug-likeness (QED) is 0.838. The number of carbonyl (C=O) groups is 1. The molecule has 1 saturated heterocycles. The van der Waals surface area contributed by atoms with E-state index in [1.807, 2.05) is 32.9 Å². The molecule has 0 radical (unpaired) electrons. The van der Waals surface area contributed by atoms with Gasteiger partial charge in [-0.05, 0) is 44.9 Å². The molecule has 2 unspecified atom stereocenters. The number of ether oxygens (including phenoxy) is 1. The largest absolute Gasteiger partial charge is 0.444 e. The van der Waals surface area contributed by atoms with E-state index in [0.29, 0.717) is 6.54 Å². The number of amides is 1. The molecule has 0 saturated carbocycles. The molecular formula is C17H26BrN3O2. The lowest BCUT2D eigenvalue weighted by atomic mass is 10.1. The number of rotatable bonds is 4. The van der Waals surface area contributed by atoms with E-state index >= 15 is 0 Å². The second-order valence-electron chi connectivity index (χ2n) is 6.93. The molecule has 5 nitrogen and oxygen atoms in total. The third-order valence-electron chi connectivity index (χ3n) is 3.84. The number of halogens is 1. The first kappa shape index (κ1) is 18.2. The highest BCUT2D eigenvalue weighted by atomic mass is 79.9. The van der Waals surface area contributed by atoms with Crippen LogP contribution < -0.4 is 11.1 Å². The molecule has 2 atom stereocenters. The zero-order chi connectivity index (χ0) is 17.0. The van der Waals surface area contributed by atoms with E-state index < -0.39 is 5.60 Å². The van der Waals surface area contributed by atoms with Crippen molar-refractivity contribution in [3.63, 3.8) is 0 Å². The molecule has 1 fully saturated rings. The first-order valence-corrected chi connectivity index (χ1v) is 8.77. The predicted molar refractivity (Wildman–Crippen MR) is 95.3 cm³/mol. The monoisotopic (exact) mass is 383 g/mol. The van der Waals surface area contributed by atoms with E-state index in [0.717, 1.165) is 24.0 Å². The van der Waals surface area contributed by atoms with Crippen LogP contribution in [0.3, 0.4) is 0 Å². The molecule has 0 aliphatic carbocycles. The highest BCUT2D eigenvalue weighted by Crippen LogP contribution is 2.26. The molecule has 6 heteroatoms. The Bertz CT molecular complexity index is 545. The van der Waals surface area contributed by atoms with Gasteiger partial charge in [0.25, 0.3) is 0 Å². The summed E-state index contributed by atoms with van der Waals surface area (Å²) < 4.78 is 6.37. The second-order valence-corrected chi connectivity index (χ2v) is 7.85. The Morgan fingerprint density at radius 3 is 2.87 bits per heavy atom. The fourth-order valence-corrected chi connectivity index (χ4v) is 3.29. The number of likely N-dealkylation sites (tertiary alicyclic amines) is 1. The van der Waals surface area contributed by atoms with Gasteiger partial charge < -0.3 is 15.8 Å². The normalized spacial score (nSPS) is 20.3. The zero-order valence-electron chi connectivity index (χ0n) is 14.0. The number of benzene rings is 1. The molecule has 1 amide bonds. The Morgan fingerprint density at radius 1 is 1.52 bits per heavy atom. The Hall–Kier alpha value is -1.11. The summed E-state index contributed by atoms with van der Waals surface area (Å²) >= 11 is 3.51. The Labute approximate surface area is 146 Å². The van der Waals surface area contributed by atoms with Crippen molar-refractivity contribution < 1.29 is 9.53 Å². The van der Waals surface area contributed by atoms with Crippen LogP contribution >= 0.6 is 15.9 Å². The average Bonchev–Trinajstić information content (AvgIpc) is 2.85. The van der Waals surface area contributed by atoms with Gasteiger partial charge >= 0.3 is 6.09 Å². The highest BCUT2D eigenvalue weighted by molar-refractivity contribution is 9.10. The van der Waals surface area contributed by atoms with Gasteiger partial charge in [0.05, 0.1) is 0 Å². The Morgan fingerprint density at radius 2 is 2.26 bits per heavy atom. The van der Waals surface area contributed by atoms with Crippen molar-refractivity contribution in [2.24, 2.45) is 5.73 Å². The van der Waals surface area contributed by atoms with Gasteiger partial charge in [-0.3, -0.25) is 4.90 Å². The van der Waals surface area contributed by atoms with Gasteiger partial charge in [0.15, 0.2) is 0 Å². The molecular weight excluding hydrogens is 358 g/mol. The van der Waals surface area contributed by atoms with Crippen molar-refractivity contribution in [1.82, 2.24) is 10.2 Å². The molecule has 1 aromatic carbocycles. The van der Waals surface area contributed by atoms with E-state index in [4.69, 9.17) is 10.5 Å². The molecule has 1 aliphatic rings. The van der Waals surface area contributed by atoms with Crippen LogP contribution in [-0.2, 0) is 4.74 Å². The third-order valence-corrected chi connectivity index (χ3v) is 4.33. The molecule has 128 valence electrons. The molecule has 0 aromatic heterocycles. The maximum atomic E-state index is 11.9. The van der Waals surface area contributed by atoms with Crippen LogP contribution in [0.1, 0.15) is 38.8 Å². The molecule has 2 rings (SSSR count). The van der Waals surface area contributed by atoms with E-state index in [1.165, 1.54) is 5.56 Å². The molecule has 23 heavy (non-hydrogen) atoms. The minimum absolute atomic E-state index is 0.103. The van der Waals surface area contributed by atoms with Crippen molar-refractivity contribution in [3.05, 3.63) is 34.3 Å². The number of hydrogen-bond acceptors (Lipinski definition) is 4. The molecule has 1 heterocycles. The maximum absolute atomic E-state index is 11.9. The topological polar surface area (TPSA) is 67.6 Å². The van der Waals surface area contributed by atoms with Gasteiger partial charge in [-0.15, -0.1) is 0 Å². The number of nitrogens with two attached hydrogens (primary N) is 1. The van der Waals surface area contributed by atoms with Gasteiger partial charge in [0.2, 0.25) is 0 Å². The van der Waals surface area contributed by atoms with Gasteiger partial charge in [-0.25, -0.2) is 4.79 Å². The van der Waals surface area contributed by atoms with Gasteiger partial charge in [-0.1, -0.05) is 28.1 Å². The lowest BCUT2D eigenvalue weighted by molar-refractivity contribution is 0.0504. The van der Waals surface area contributed by atoms with Crippen molar-refractivity contribution in [3.8, 4) is 0 Å². The number of carbonyl (C=O) groups excluding carboxylic acids is 1. The van der Waals surface area contributed by atoms with E-state index in [2.05, 4.69) is 38.3 Å². The van der Waals surface area contributed by atoms with Crippen LogP contribution in [0.15, 0.2) is 28.7 Å². The van der Waals surface area contributed by atoms with E-state index in [1.54, 1.807) is 0 Å². The van der Waals surface area contributed by atoms with Crippen molar-refractivity contribution >= 4 is 22.0 Å². The van der Waals surface area contributed by atoms with Crippen LogP contribution in [0.2, 0.25) is 0 Å². The summed E-state index contributed by atoms with van der Waals surface area (Å²) in [6.45, 7) is 7.85. The maximum Gasteiger partial charge on any atom is 0.407 e. The molecule has 0 spiro atoms. The minimum Gasteiger partial charge on any atom is -0.444 e. The van der Waals surface area contributed by atoms with Gasteiger partial charge in [0.1, 0.15) is 5.60 Å². The van der Waals surface area contributed by atoms with Crippen LogP contribution in [-0.4, -0.2) is 42.3 Å². The second kappa shape index (κ2) is 7.64. The summed E-state index contributed by atoms with van der Waals surface area (Å²) in [6.07, 6.45) is 0.556. The van der Waals surface area contributed by atoms with Gasteiger partial charge in [-0.2, -0.15) is 0 Å². The smallest absolute Gasteiger partial charge is 0.407 e. The standard InChI is InChI=1S/C17H26BrN3O2/c1-17(2,3)23-16(22)20-14-7-8-21(11-14)15(10-19)12-5-4-6-13(18)9-12/h4-6,9,14-15H,7-8,10-11,19H2,1-3H3,(H,20,22). The first-order chi connectivity index (χ1) is 10.8. The fourth-order valence-electron chi connectivity index (χ4n) is 2.87. The highest BCUT2D eigenvalue weighted by Gasteiger charge is 2.30. The van der Waals surface area contributed by atoms with Crippen LogP contribution in [0.5, 0.6) is 0 Å². The van der Waals surface area contributed by atoms with Crippen molar-refractivity contribution in [2.45, 2.75) is 44.9 Å². The zero-order valence-corrected chi connectivity index (χ0v) is 15.6. The summed E-state index contributed by atoms with van der Waals surface area (Å²) in [5.41, 5.74) is 6.72. The van der Waals surface area contributed by atoms with Crippen LogP contribution in [0.4, 0.5) is 4.79 Å². The average molecular weight is 384 g/mol. The minimum atomic E-state index is -0.474. The first-order valence-electron chi connectivity index (χ1n) is 7.97. The lowest BCUT2D eigenvalue weighted by Gasteiger charge is -2.27. The molecule has 3 N–H and O–H groups in total. The summed E-state index contributed by atoms with van der Waals surface area (Å²) in [5, 5.41) is 2.95. The lowest BCUT2D eigenvalue weighted by Crippen LogP contribution is -2.41. The Kier molecular flexibility index (Phi) is 6.06. The Balaban J connectivity index is 1.94. The van der Waals surface area contributed by atoms with Crippen LogP contribution in [0, 0.1) is 0 Å². The number of hydrogen-bond donors (Lipinski definition) is 2. The molecule has 1 aliphatic heterocycles. The fraction of sp³-hybridized carbons (Fsp3) is 0.588. The van der Waals surface area contributed by atoms with Crippen LogP contribution in [0.25, 0.3) is 0 Å². The predicted octanol–water partition coefficient (Wildman–Crippen LogP) is 3.05. The number of nitrogens with one attached hydrogen (secondary N) is 1. The van der Waals surface area contributed by atoms with E-state index in [9.17, 15) is 4.79 Å². The number of alkyl carbamates (subject to hydrolysis) is 1. The summed E-state index contributed by atoms with van der Waals surface area (Å²) in [5.74, 6) is 0. The summed E-state index contributed by atoms with van der Waals surface area (Å²) in [4.78, 5) is 14.2. The van der Waals surface area contributed by atoms with Gasteiger partial charge in [0, 0.05) is 36.2 Å². The summed E-state index contributed by atoms with van der Waals surface area (Å²) in [7, 11) is 0. The number of nitrogens with zero attached hydrogens (tertiary/aromatic N) is 1. The summed E-state index contributed by atoms with van der Waals surface area (Å²) in [6, 6.07) is 8.50. The molecule has 1 aromatic rings. The van der Waals surface area contributed by atoms with Crippen molar-refractivity contribution in [2.75, 3.05) is 19.6 Å².